The Bertz CT molecular complexity index is 1670. The molecule has 6 nitrogen and oxygen atoms in total. The van der Waals surface area contributed by atoms with Gasteiger partial charge in [-0.15, -0.1) is 0 Å². The van der Waals surface area contributed by atoms with Crippen LogP contribution in [0.15, 0.2) is 108 Å². The number of halogens is 1. The van der Waals surface area contributed by atoms with E-state index in [2.05, 4.69) is 10.5 Å². The topological polar surface area (TPSA) is 78.8 Å². The monoisotopic (exact) mass is 545 g/mol. The Morgan fingerprint density at radius 3 is 2.10 bits per heavy atom. The summed E-state index contributed by atoms with van der Waals surface area (Å²) >= 11 is 6.50. The van der Waals surface area contributed by atoms with Gasteiger partial charge in [0, 0.05) is 12.1 Å². The number of imide groups is 1. The summed E-state index contributed by atoms with van der Waals surface area (Å²) in [5.41, 5.74) is 6.69. The van der Waals surface area contributed by atoms with Crippen LogP contribution in [0, 0.1) is 11.8 Å². The largest absolute Gasteiger partial charge is 0.274 e. The Kier molecular flexibility index (Phi) is 5.68. The molecule has 8 rings (SSSR count). The highest BCUT2D eigenvalue weighted by atomic mass is 35.5. The highest BCUT2D eigenvalue weighted by Crippen LogP contribution is 2.63. The minimum atomic E-state index is -1.06. The predicted molar refractivity (Wildman–Crippen MR) is 153 cm³/mol. The van der Waals surface area contributed by atoms with Crippen molar-refractivity contribution < 1.29 is 14.4 Å². The summed E-state index contributed by atoms with van der Waals surface area (Å²) in [6, 6.07) is 32.2. The number of carbonyl (C=O) groups is 3. The molecule has 0 saturated carbocycles. The smallest absolute Gasteiger partial charge is 0.244 e. The number of para-hydroxylation sites is 1. The number of rotatable bonds is 5. The summed E-state index contributed by atoms with van der Waals surface area (Å²) in [5, 5.41) is 4.79. The van der Waals surface area contributed by atoms with Crippen molar-refractivity contribution in [1.82, 2.24) is 5.43 Å². The quantitative estimate of drug-likeness (QED) is 0.212. The molecule has 1 fully saturated rings. The molecular weight excluding hydrogens is 522 g/mol. The number of carbonyl (C=O) groups excluding carboxylic acids is 3. The number of hydrogen-bond acceptors (Lipinski definition) is 4. The Hall–Kier alpha value is -4.55. The zero-order chi connectivity index (χ0) is 27.4. The van der Waals surface area contributed by atoms with Gasteiger partial charge in [0.2, 0.25) is 17.7 Å². The molecule has 0 unspecified atom stereocenters. The zero-order valence-corrected chi connectivity index (χ0v) is 22.1. The van der Waals surface area contributed by atoms with Crippen molar-refractivity contribution in [2.45, 2.75) is 17.8 Å². The van der Waals surface area contributed by atoms with E-state index in [9.17, 15) is 14.4 Å². The molecule has 1 saturated heterocycles. The summed E-state index contributed by atoms with van der Waals surface area (Å²) in [6.45, 7) is 0. The second-order valence-electron chi connectivity index (χ2n) is 10.4. The second-order valence-corrected chi connectivity index (χ2v) is 10.9. The van der Waals surface area contributed by atoms with Crippen LogP contribution in [0.2, 0.25) is 5.02 Å². The van der Waals surface area contributed by atoms with E-state index in [0.29, 0.717) is 10.7 Å². The Labute approximate surface area is 236 Å². The fourth-order valence-corrected chi connectivity index (χ4v) is 7.17. The maximum Gasteiger partial charge on any atom is 0.244 e. The minimum absolute atomic E-state index is 0.171. The van der Waals surface area contributed by atoms with Gasteiger partial charge in [-0.1, -0.05) is 103 Å². The highest BCUT2D eigenvalue weighted by molar-refractivity contribution is 6.36. The van der Waals surface area contributed by atoms with E-state index in [1.54, 1.807) is 30.5 Å². The molecule has 40 heavy (non-hydrogen) atoms. The van der Waals surface area contributed by atoms with Crippen LogP contribution in [-0.2, 0) is 26.2 Å². The van der Waals surface area contributed by atoms with E-state index in [0.717, 1.165) is 27.8 Å². The number of nitrogens with zero attached hydrogens (tertiary/aromatic N) is 2. The van der Waals surface area contributed by atoms with Crippen LogP contribution in [0.1, 0.15) is 33.7 Å². The van der Waals surface area contributed by atoms with E-state index < -0.39 is 17.3 Å². The molecule has 1 N–H and O–H groups in total. The molecule has 7 heteroatoms. The zero-order valence-electron chi connectivity index (χ0n) is 21.3. The minimum Gasteiger partial charge on any atom is -0.274 e. The summed E-state index contributed by atoms with van der Waals surface area (Å²) in [5.74, 6) is -2.54. The molecule has 2 bridgehead atoms. The van der Waals surface area contributed by atoms with Gasteiger partial charge in [-0.2, -0.15) is 5.10 Å². The summed E-state index contributed by atoms with van der Waals surface area (Å²) in [6.07, 6.45) is 1.84. The fourth-order valence-electron chi connectivity index (χ4n) is 6.95. The van der Waals surface area contributed by atoms with Crippen LogP contribution in [0.3, 0.4) is 0 Å². The molecule has 2 atom stereocenters. The third-order valence-electron chi connectivity index (χ3n) is 8.44. The van der Waals surface area contributed by atoms with Crippen molar-refractivity contribution in [2.24, 2.45) is 16.9 Å². The normalized spacial score (nSPS) is 24.1. The van der Waals surface area contributed by atoms with Crippen LogP contribution in [0.4, 0.5) is 5.69 Å². The van der Waals surface area contributed by atoms with Gasteiger partial charge >= 0.3 is 0 Å². The number of amides is 3. The third kappa shape index (κ3) is 3.42. The first-order valence-electron chi connectivity index (χ1n) is 13.2. The molecule has 4 aliphatic rings. The average Bonchev–Trinajstić information content (AvgIpc) is 3.24. The second kappa shape index (κ2) is 9.28. The number of benzene rings is 4. The van der Waals surface area contributed by atoms with Crippen LogP contribution in [-0.4, -0.2) is 23.9 Å². The van der Waals surface area contributed by atoms with Gasteiger partial charge < -0.3 is 0 Å². The van der Waals surface area contributed by atoms with E-state index >= 15 is 0 Å². The van der Waals surface area contributed by atoms with Crippen LogP contribution >= 0.6 is 11.6 Å². The van der Waals surface area contributed by atoms with E-state index in [1.165, 1.54) is 4.90 Å². The van der Waals surface area contributed by atoms with E-state index in [-0.39, 0.29) is 30.1 Å². The molecule has 0 aromatic heterocycles. The molecule has 3 aliphatic carbocycles. The van der Waals surface area contributed by atoms with Gasteiger partial charge in [0.25, 0.3) is 0 Å². The molecule has 4 aromatic rings. The van der Waals surface area contributed by atoms with E-state index in [1.807, 2.05) is 78.9 Å². The Morgan fingerprint density at radius 1 is 0.825 bits per heavy atom. The first-order valence-corrected chi connectivity index (χ1v) is 13.6. The maximum atomic E-state index is 14.4. The number of hydrogen-bond donors (Lipinski definition) is 1. The van der Waals surface area contributed by atoms with Gasteiger partial charge in [-0.25, -0.2) is 10.3 Å². The Morgan fingerprint density at radius 2 is 1.43 bits per heavy atom. The standard InChI is InChI=1S/C33H24ClN3O3/c34-25-16-8-9-17-26(25)37-31(39)29-28-21-12-4-6-14-23(21)33(30(29)32(37)40,24-15-7-5-13-22(24)28)19-35-36-27(38)18-20-10-2-1-3-11-20/h1-17,19,28-30H,18H2,(H,36,38)/b35-19-/t28?,29-,30-,33?/m0/s1. The SMILES string of the molecule is O=C(Cc1ccccc1)N/N=C\C12c3ccccc3C(c3ccccc31)[C@@H]1C(=O)N(c3ccccc3Cl)C(=O)[C@H]12. The van der Waals surface area contributed by atoms with Gasteiger partial charge in [0.1, 0.15) is 0 Å². The highest BCUT2D eigenvalue weighted by Gasteiger charge is 2.68. The van der Waals surface area contributed by atoms with Crippen molar-refractivity contribution >= 4 is 41.2 Å². The number of anilines is 1. The summed E-state index contributed by atoms with van der Waals surface area (Å²) in [4.78, 5) is 42.6. The molecule has 1 heterocycles. The lowest BCUT2D eigenvalue weighted by Crippen LogP contribution is -2.54. The average molecular weight is 546 g/mol. The Balaban J connectivity index is 1.37. The van der Waals surface area contributed by atoms with Crippen molar-refractivity contribution in [1.29, 1.82) is 0 Å². The van der Waals surface area contributed by atoms with Crippen LogP contribution in [0.25, 0.3) is 0 Å². The summed E-state index contributed by atoms with van der Waals surface area (Å²) in [7, 11) is 0. The molecular formula is C33H24ClN3O3. The van der Waals surface area contributed by atoms with Crippen molar-refractivity contribution in [3.8, 4) is 0 Å². The van der Waals surface area contributed by atoms with Gasteiger partial charge in [0.15, 0.2) is 0 Å². The van der Waals surface area contributed by atoms with Crippen LogP contribution < -0.4 is 10.3 Å². The third-order valence-corrected chi connectivity index (χ3v) is 8.76. The fraction of sp³-hybridized carbons (Fsp3) is 0.152. The molecule has 0 spiro atoms. The first kappa shape index (κ1) is 24.5. The lowest BCUT2D eigenvalue weighted by Gasteiger charge is -2.52. The summed E-state index contributed by atoms with van der Waals surface area (Å²) < 4.78 is 0. The van der Waals surface area contributed by atoms with Crippen molar-refractivity contribution in [2.75, 3.05) is 4.90 Å². The van der Waals surface area contributed by atoms with Gasteiger partial charge in [0.05, 0.1) is 34.4 Å². The molecule has 1 aliphatic heterocycles. The van der Waals surface area contributed by atoms with Crippen LogP contribution in [0.5, 0.6) is 0 Å². The number of nitrogens with one attached hydrogen (secondary N) is 1. The van der Waals surface area contributed by atoms with Crippen molar-refractivity contribution in [3.63, 3.8) is 0 Å². The molecule has 0 radical (unpaired) electrons. The molecule has 4 aromatic carbocycles. The maximum absolute atomic E-state index is 14.4. The van der Waals surface area contributed by atoms with E-state index in [4.69, 9.17) is 11.6 Å². The molecule has 3 amide bonds. The molecule has 196 valence electrons. The lowest BCUT2D eigenvalue weighted by molar-refractivity contribution is -0.123. The number of hydrazone groups is 1. The lowest BCUT2D eigenvalue weighted by atomic mass is 9.47. The van der Waals surface area contributed by atoms with Crippen molar-refractivity contribution in [3.05, 3.63) is 136 Å². The van der Waals surface area contributed by atoms with Gasteiger partial charge in [-0.3, -0.25) is 14.4 Å². The predicted octanol–water partition coefficient (Wildman–Crippen LogP) is 5.24. The first-order chi connectivity index (χ1) is 19.5. The van der Waals surface area contributed by atoms with Gasteiger partial charge in [-0.05, 0) is 39.9 Å².